The van der Waals surface area contributed by atoms with Gasteiger partial charge in [0.25, 0.3) is 22.2 Å². The van der Waals surface area contributed by atoms with E-state index in [2.05, 4.69) is 9.02 Å². The van der Waals surface area contributed by atoms with Gasteiger partial charge in [-0.05, 0) is 72.4 Å². The van der Waals surface area contributed by atoms with Crippen molar-refractivity contribution >= 4 is 43.6 Å². The Labute approximate surface area is 321 Å². The smallest absolute Gasteiger partial charge is 0.363 e. The Kier molecular flexibility index (Phi) is 12.8. The number of ether oxygens (including phenoxy) is 3. The van der Waals surface area contributed by atoms with E-state index in [1.54, 1.807) is 13.8 Å². The van der Waals surface area contributed by atoms with E-state index < -0.39 is 147 Å². The number of hydrogen-bond acceptors (Lipinski definition) is 14. The Morgan fingerprint density at radius 1 is 0.737 bits per heavy atom. The predicted octanol–water partition coefficient (Wildman–Crippen LogP) is 3.07. The van der Waals surface area contributed by atoms with Crippen molar-refractivity contribution in [3.05, 3.63) is 76.8 Å². The third-order valence-corrected chi connectivity index (χ3v) is 9.51. The van der Waals surface area contributed by atoms with Crippen molar-refractivity contribution < 1.29 is 64.0 Å². The summed E-state index contributed by atoms with van der Waals surface area (Å²) in [6.45, 7) is 14.0. The molecule has 21 heteroatoms. The first-order chi connectivity index (χ1) is 26.2. The molecular weight excluding hydrogens is 792 g/mol. The number of aliphatic hydroxyl groups excluding tert-OH is 1. The zero-order chi connectivity index (χ0) is 43.1. The zero-order valence-corrected chi connectivity index (χ0v) is 32.8. The Morgan fingerprint density at radius 2 is 1.19 bits per heavy atom. The molecule has 2 aromatic heterocycles. The number of hydrogen-bond donors (Lipinski definition) is 1. The maximum Gasteiger partial charge on any atom is 0.363 e. The molecule has 1 N–H and O–H groups in total. The molecule has 16 nitrogen and oxygen atoms in total. The summed E-state index contributed by atoms with van der Waals surface area (Å²) in [7, 11) is -6.10. The Morgan fingerprint density at radius 3 is 1.65 bits per heavy atom. The summed E-state index contributed by atoms with van der Waals surface area (Å²) >= 11 is 0. The summed E-state index contributed by atoms with van der Waals surface area (Å²) in [6, 6.07) is 1.34. The molecule has 0 aliphatic rings. The second kappa shape index (κ2) is 16.4. The SMILES string of the molecule is CC(C)CC(=O)Oc1c(F)c(F)c(S(=O)(=O)On2c(=O)c3cc4c(=O)n(OC(O)CCC(=O)OC(C)(C)CCC(C)(C)OC(C)C)c(=O)c4cc3c2=O)c(F)c1F. The van der Waals surface area contributed by atoms with Gasteiger partial charge in [0.15, 0.2) is 16.5 Å². The van der Waals surface area contributed by atoms with Crippen LogP contribution < -0.4 is 36.1 Å². The Balaban J connectivity index is 1.55. The zero-order valence-electron chi connectivity index (χ0n) is 32.0. The van der Waals surface area contributed by atoms with Gasteiger partial charge in [-0.2, -0.15) is 17.2 Å². The van der Waals surface area contributed by atoms with Gasteiger partial charge in [0.2, 0.25) is 23.7 Å². The number of aromatic nitrogens is 2. The fourth-order valence-electron chi connectivity index (χ4n) is 5.74. The third kappa shape index (κ3) is 9.70. The fourth-order valence-corrected chi connectivity index (χ4v) is 6.77. The second-order valence-electron chi connectivity index (χ2n) is 15.0. The van der Waals surface area contributed by atoms with E-state index in [-0.39, 0.29) is 10.8 Å². The molecule has 2 heterocycles. The predicted molar refractivity (Wildman–Crippen MR) is 192 cm³/mol. The topological polar surface area (TPSA) is 213 Å². The molecule has 312 valence electrons. The second-order valence-corrected chi connectivity index (χ2v) is 16.5. The van der Waals surface area contributed by atoms with E-state index in [1.807, 2.05) is 27.7 Å². The highest BCUT2D eigenvalue weighted by molar-refractivity contribution is 7.87. The molecule has 1 atom stereocenters. The molecule has 4 aromatic rings. The molecule has 0 amide bonds. The van der Waals surface area contributed by atoms with Crippen molar-refractivity contribution in [1.82, 2.24) is 9.46 Å². The van der Waals surface area contributed by atoms with Gasteiger partial charge in [0.1, 0.15) is 5.60 Å². The molecule has 0 spiro atoms. The molecule has 4 rings (SSSR count). The largest absolute Gasteiger partial charge is 0.460 e. The van der Waals surface area contributed by atoms with E-state index >= 15 is 0 Å². The molecule has 1 unspecified atom stereocenters. The summed E-state index contributed by atoms with van der Waals surface area (Å²) in [6.07, 6.45) is -2.23. The molecule has 2 aromatic carbocycles. The summed E-state index contributed by atoms with van der Waals surface area (Å²) in [5.74, 6) is -14.5. The molecule has 0 aliphatic carbocycles. The van der Waals surface area contributed by atoms with Crippen LogP contribution in [-0.4, -0.2) is 58.5 Å². The number of benzene rings is 2. The lowest BCUT2D eigenvalue weighted by molar-refractivity contribution is -0.163. The number of carbonyl (C=O) groups excluding carboxylic acids is 2. The highest BCUT2D eigenvalue weighted by Crippen LogP contribution is 2.33. The first-order valence-corrected chi connectivity index (χ1v) is 18.8. The van der Waals surface area contributed by atoms with Crippen molar-refractivity contribution in [1.29, 1.82) is 0 Å². The quantitative estimate of drug-likeness (QED) is 0.0533. The molecule has 57 heavy (non-hydrogen) atoms. The van der Waals surface area contributed by atoms with Crippen molar-refractivity contribution in [2.45, 2.75) is 116 Å². The molecular formula is C36H40F4N2O14S. The van der Waals surface area contributed by atoms with Crippen LogP contribution in [0, 0.1) is 29.2 Å². The molecule has 0 saturated heterocycles. The van der Waals surface area contributed by atoms with Crippen molar-refractivity contribution in [3.63, 3.8) is 0 Å². The van der Waals surface area contributed by atoms with Gasteiger partial charge in [0.05, 0.1) is 39.7 Å². The molecule has 0 fully saturated rings. The summed E-state index contributed by atoms with van der Waals surface area (Å²) in [5, 5.41) is 7.74. The van der Waals surface area contributed by atoms with Crippen LogP contribution in [0.15, 0.2) is 36.2 Å². The minimum Gasteiger partial charge on any atom is -0.460 e. The van der Waals surface area contributed by atoms with Gasteiger partial charge in [-0.3, -0.25) is 33.1 Å². The van der Waals surface area contributed by atoms with E-state index in [1.165, 1.54) is 13.8 Å². The van der Waals surface area contributed by atoms with E-state index in [4.69, 9.17) is 14.3 Å². The van der Waals surface area contributed by atoms with Crippen LogP contribution in [0.1, 0.15) is 87.5 Å². The monoisotopic (exact) mass is 832 g/mol. The average Bonchev–Trinajstić information content (AvgIpc) is 3.44. The van der Waals surface area contributed by atoms with Gasteiger partial charge in [-0.1, -0.05) is 18.6 Å². The van der Waals surface area contributed by atoms with Crippen LogP contribution in [0.2, 0.25) is 0 Å². The van der Waals surface area contributed by atoms with Crippen molar-refractivity contribution in [2.24, 2.45) is 5.92 Å². The third-order valence-electron chi connectivity index (χ3n) is 8.31. The maximum absolute atomic E-state index is 14.9. The number of carbonyl (C=O) groups is 2. The minimum absolute atomic E-state index is 0.0204. The molecule has 0 bridgehead atoms. The highest BCUT2D eigenvalue weighted by atomic mass is 32.2. The molecule has 0 radical (unpaired) electrons. The summed E-state index contributed by atoms with van der Waals surface area (Å²) in [4.78, 5) is 79.5. The average molecular weight is 833 g/mol. The van der Waals surface area contributed by atoms with Crippen molar-refractivity contribution in [2.75, 3.05) is 0 Å². The van der Waals surface area contributed by atoms with E-state index in [0.29, 0.717) is 25.0 Å². The van der Waals surface area contributed by atoms with Gasteiger partial charge < -0.3 is 24.2 Å². The number of nitrogens with zero attached hydrogens (tertiary/aromatic N) is 2. The van der Waals surface area contributed by atoms with Crippen LogP contribution in [0.3, 0.4) is 0 Å². The van der Waals surface area contributed by atoms with Gasteiger partial charge in [-0.25, -0.2) is 8.78 Å². The van der Waals surface area contributed by atoms with Crippen LogP contribution in [0.5, 0.6) is 5.75 Å². The fraction of sp³-hybridized carbons (Fsp3) is 0.500. The number of esters is 2. The number of aliphatic hydroxyl groups is 1. The van der Waals surface area contributed by atoms with E-state index in [0.717, 1.165) is 0 Å². The molecule has 0 saturated carbocycles. The van der Waals surface area contributed by atoms with Crippen LogP contribution in [0.4, 0.5) is 17.6 Å². The lowest BCUT2D eigenvalue weighted by atomic mass is 9.93. The van der Waals surface area contributed by atoms with E-state index in [9.17, 15) is 59.9 Å². The standard InChI is InChI=1S/C36H40F4N2O14S/c1-16(2)13-24(45)52-29-25(37)27(39)30(28(40)26(29)38)57(50,51)56-42-33(48)20-14-18-19(15-21(20)34(42)49)32(47)41(31(18)46)55-23(44)10-9-22(43)54-36(7,8)12-11-35(5,6)53-17(3)4/h14-17,23,44H,9-13H2,1-8H3. The van der Waals surface area contributed by atoms with Gasteiger partial charge in [-0.15, -0.1) is 4.73 Å². The summed E-state index contributed by atoms with van der Waals surface area (Å²) in [5.41, 5.74) is -7.23. The van der Waals surface area contributed by atoms with Crippen LogP contribution in [0.25, 0.3) is 21.5 Å². The Hall–Kier alpha value is -5.15. The van der Waals surface area contributed by atoms with Gasteiger partial charge in [0, 0.05) is 12.8 Å². The maximum atomic E-state index is 14.9. The van der Waals surface area contributed by atoms with Crippen LogP contribution >= 0.6 is 0 Å². The normalized spacial score (nSPS) is 13.2. The first kappa shape index (κ1) is 44.6. The number of rotatable bonds is 17. The highest BCUT2D eigenvalue weighted by Gasteiger charge is 2.38. The number of fused-ring (bicyclic) bond motifs is 2. The van der Waals surface area contributed by atoms with Crippen LogP contribution in [-0.2, 0) is 29.2 Å². The first-order valence-electron chi connectivity index (χ1n) is 17.4. The summed E-state index contributed by atoms with van der Waals surface area (Å²) < 4.78 is 105. The molecule has 0 aliphatic heterocycles. The Bertz CT molecular complexity index is 2440. The number of halogens is 4. The van der Waals surface area contributed by atoms with Gasteiger partial charge >= 0.3 is 22.1 Å². The lowest BCUT2D eigenvalue weighted by Crippen LogP contribution is -2.38. The minimum atomic E-state index is -6.10. The van der Waals surface area contributed by atoms with Crippen molar-refractivity contribution in [3.8, 4) is 5.75 Å². The lowest BCUT2D eigenvalue weighted by Gasteiger charge is -2.32.